The standard InChI is InChI=1S/C19H19FN2O4/c1-12-6-8-16(9-7-12)22-18(24)13(2)26-17(23)11-21-19(25)14-4-3-5-15(20)10-14/h3-10,13H,11H2,1-2H3,(H,21,25)(H,22,24)/t13-/m0/s1. The van der Waals surface area contributed by atoms with Gasteiger partial charge in [-0.1, -0.05) is 23.8 Å². The molecule has 7 heteroatoms. The van der Waals surface area contributed by atoms with E-state index >= 15 is 0 Å². The number of ether oxygens (including phenoxy) is 1. The number of carbonyl (C=O) groups excluding carboxylic acids is 3. The van der Waals surface area contributed by atoms with Gasteiger partial charge in [0.25, 0.3) is 11.8 Å². The van der Waals surface area contributed by atoms with Crippen molar-refractivity contribution in [2.75, 3.05) is 11.9 Å². The van der Waals surface area contributed by atoms with E-state index in [9.17, 15) is 18.8 Å². The molecular formula is C19H19FN2O4. The van der Waals surface area contributed by atoms with E-state index in [0.717, 1.165) is 11.6 Å². The van der Waals surface area contributed by atoms with Crippen LogP contribution in [0.2, 0.25) is 0 Å². The van der Waals surface area contributed by atoms with Gasteiger partial charge < -0.3 is 15.4 Å². The lowest BCUT2D eigenvalue weighted by Gasteiger charge is -2.14. The molecule has 0 heterocycles. The SMILES string of the molecule is Cc1ccc(NC(=O)[C@H](C)OC(=O)CNC(=O)c2cccc(F)c2)cc1. The number of nitrogens with one attached hydrogen (secondary N) is 2. The lowest BCUT2D eigenvalue weighted by atomic mass is 10.2. The molecule has 0 aliphatic carbocycles. The average Bonchev–Trinajstić information content (AvgIpc) is 2.61. The van der Waals surface area contributed by atoms with Crippen LogP contribution in [0.15, 0.2) is 48.5 Å². The van der Waals surface area contributed by atoms with Gasteiger partial charge in [-0.2, -0.15) is 0 Å². The molecule has 2 rings (SSSR count). The lowest BCUT2D eigenvalue weighted by Crippen LogP contribution is -2.35. The summed E-state index contributed by atoms with van der Waals surface area (Å²) in [5, 5.41) is 4.94. The molecule has 6 nitrogen and oxygen atoms in total. The first kappa shape index (κ1) is 19.1. The van der Waals surface area contributed by atoms with Crippen molar-refractivity contribution in [3.63, 3.8) is 0 Å². The number of anilines is 1. The highest BCUT2D eigenvalue weighted by atomic mass is 19.1. The van der Waals surface area contributed by atoms with Crippen molar-refractivity contribution >= 4 is 23.5 Å². The maximum Gasteiger partial charge on any atom is 0.326 e. The van der Waals surface area contributed by atoms with Gasteiger partial charge in [0.15, 0.2) is 6.10 Å². The van der Waals surface area contributed by atoms with Crippen LogP contribution in [0.1, 0.15) is 22.8 Å². The van der Waals surface area contributed by atoms with Crippen LogP contribution in [0.25, 0.3) is 0 Å². The summed E-state index contributed by atoms with van der Waals surface area (Å²) < 4.78 is 18.1. The number of carbonyl (C=O) groups is 3. The van der Waals surface area contributed by atoms with Crippen molar-refractivity contribution in [1.82, 2.24) is 5.32 Å². The van der Waals surface area contributed by atoms with E-state index in [1.54, 1.807) is 12.1 Å². The first-order valence-corrected chi connectivity index (χ1v) is 7.96. The molecule has 136 valence electrons. The lowest BCUT2D eigenvalue weighted by molar-refractivity contribution is -0.152. The van der Waals surface area contributed by atoms with Gasteiger partial charge in [0, 0.05) is 11.3 Å². The van der Waals surface area contributed by atoms with Crippen LogP contribution >= 0.6 is 0 Å². The van der Waals surface area contributed by atoms with Gasteiger partial charge >= 0.3 is 5.97 Å². The molecule has 0 saturated carbocycles. The third-order valence-corrected chi connectivity index (χ3v) is 3.48. The van der Waals surface area contributed by atoms with E-state index in [0.29, 0.717) is 5.69 Å². The Morgan fingerprint density at radius 1 is 1.12 bits per heavy atom. The zero-order chi connectivity index (χ0) is 19.1. The van der Waals surface area contributed by atoms with Crippen molar-refractivity contribution < 1.29 is 23.5 Å². The van der Waals surface area contributed by atoms with Crippen molar-refractivity contribution in [1.29, 1.82) is 0 Å². The predicted molar refractivity (Wildman–Crippen MR) is 94.1 cm³/mol. The molecule has 0 radical (unpaired) electrons. The fraction of sp³-hybridized carbons (Fsp3) is 0.211. The van der Waals surface area contributed by atoms with E-state index < -0.39 is 36.2 Å². The van der Waals surface area contributed by atoms with Gasteiger partial charge in [-0.3, -0.25) is 14.4 Å². The molecule has 0 unspecified atom stereocenters. The summed E-state index contributed by atoms with van der Waals surface area (Å²) in [6.07, 6.45) is -1.03. The Morgan fingerprint density at radius 2 is 1.81 bits per heavy atom. The Balaban J connectivity index is 1.80. The topological polar surface area (TPSA) is 84.5 Å². The van der Waals surface area contributed by atoms with Crippen LogP contribution in [0, 0.1) is 12.7 Å². The predicted octanol–water partition coefficient (Wildman–Crippen LogP) is 2.43. The van der Waals surface area contributed by atoms with Gasteiger partial charge in [0.2, 0.25) is 0 Å². The Kier molecular flexibility index (Phi) is 6.43. The number of benzene rings is 2. The second-order valence-corrected chi connectivity index (χ2v) is 5.68. The number of amides is 2. The molecule has 26 heavy (non-hydrogen) atoms. The van der Waals surface area contributed by atoms with Crippen molar-refractivity contribution in [2.24, 2.45) is 0 Å². The van der Waals surface area contributed by atoms with Crippen molar-refractivity contribution in [3.05, 3.63) is 65.5 Å². The van der Waals surface area contributed by atoms with E-state index in [4.69, 9.17) is 4.74 Å². The van der Waals surface area contributed by atoms with Crippen LogP contribution in [0.5, 0.6) is 0 Å². The van der Waals surface area contributed by atoms with Gasteiger partial charge in [0.1, 0.15) is 12.4 Å². The minimum Gasteiger partial charge on any atom is -0.451 e. The summed E-state index contributed by atoms with van der Waals surface area (Å²) in [5.41, 5.74) is 1.72. The molecule has 0 bridgehead atoms. The zero-order valence-electron chi connectivity index (χ0n) is 14.4. The van der Waals surface area contributed by atoms with Crippen LogP contribution in [0.4, 0.5) is 10.1 Å². The molecule has 0 saturated heterocycles. The Bertz CT molecular complexity index is 805. The fourth-order valence-electron chi connectivity index (χ4n) is 2.06. The summed E-state index contributed by atoms with van der Waals surface area (Å²) in [6, 6.07) is 12.2. The minimum absolute atomic E-state index is 0.0861. The van der Waals surface area contributed by atoms with Gasteiger partial charge in [0.05, 0.1) is 0 Å². The van der Waals surface area contributed by atoms with Crippen molar-refractivity contribution in [2.45, 2.75) is 20.0 Å². The highest BCUT2D eigenvalue weighted by molar-refractivity contribution is 5.97. The molecule has 0 spiro atoms. The Hall–Kier alpha value is -3.22. The molecule has 1 atom stereocenters. The largest absolute Gasteiger partial charge is 0.451 e. The zero-order valence-corrected chi connectivity index (χ0v) is 14.4. The Labute approximate surface area is 150 Å². The van der Waals surface area contributed by atoms with Gasteiger partial charge in [-0.05, 0) is 44.2 Å². The molecule has 0 aliphatic heterocycles. The highest BCUT2D eigenvalue weighted by Crippen LogP contribution is 2.09. The van der Waals surface area contributed by atoms with Gasteiger partial charge in [-0.25, -0.2) is 4.39 Å². The van der Waals surface area contributed by atoms with Crippen molar-refractivity contribution in [3.8, 4) is 0 Å². The summed E-state index contributed by atoms with van der Waals surface area (Å²) >= 11 is 0. The number of hydrogen-bond donors (Lipinski definition) is 2. The fourth-order valence-corrected chi connectivity index (χ4v) is 2.06. The number of esters is 1. The smallest absolute Gasteiger partial charge is 0.326 e. The Morgan fingerprint density at radius 3 is 2.46 bits per heavy atom. The van der Waals surface area contributed by atoms with E-state index in [-0.39, 0.29) is 5.56 Å². The monoisotopic (exact) mass is 358 g/mol. The summed E-state index contributed by atoms with van der Waals surface area (Å²) in [4.78, 5) is 35.6. The second kappa shape index (κ2) is 8.75. The minimum atomic E-state index is -1.03. The first-order chi connectivity index (χ1) is 12.3. The molecule has 0 aromatic heterocycles. The third-order valence-electron chi connectivity index (χ3n) is 3.48. The molecule has 2 aromatic rings. The maximum atomic E-state index is 13.1. The highest BCUT2D eigenvalue weighted by Gasteiger charge is 2.18. The summed E-state index contributed by atoms with van der Waals surface area (Å²) in [5.74, 6) is -2.43. The quantitative estimate of drug-likeness (QED) is 0.777. The normalized spacial score (nSPS) is 11.3. The average molecular weight is 358 g/mol. The van der Waals surface area contributed by atoms with E-state index in [2.05, 4.69) is 10.6 Å². The molecule has 0 fully saturated rings. The van der Waals surface area contributed by atoms with E-state index in [1.165, 1.54) is 25.1 Å². The van der Waals surface area contributed by atoms with Crippen LogP contribution < -0.4 is 10.6 Å². The molecule has 2 amide bonds. The number of aryl methyl sites for hydroxylation is 1. The van der Waals surface area contributed by atoms with Crippen LogP contribution in [0.3, 0.4) is 0 Å². The van der Waals surface area contributed by atoms with E-state index in [1.807, 2.05) is 19.1 Å². The van der Waals surface area contributed by atoms with Crippen LogP contribution in [-0.2, 0) is 14.3 Å². The molecule has 0 aliphatic rings. The molecular weight excluding hydrogens is 339 g/mol. The summed E-state index contributed by atoms with van der Waals surface area (Å²) in [6.45, 7) is 2.92. The number of rotatable bonds is 6. The molecule has 2 aromatic carbocycles. The molecule has 2 N–H and O–H groups in total. The van der Waals surface area contributed by atoms with Crippen LogP contribution in [-0.4, -0.2) is 30.4 Å². The number of halogens is 1. The maximum absolute atomic E-state index is 13.1. The number of hydrogen-bond acceptors (Lipinski definition) is 4. The first-order valence-electron chi connectivity index (χ1n) is 7.96. The summed E-state index contributed by atoms with van der Waals surface area (Å²) in [7, 11) is 0. The van der Waals surface area contributed by atoms with Gasteiger partial charge in [-0.15, -0.1) is 0 Å². The second-order valence-electron chi connectivity index (χ2n) is 5.68. The third kappa shape index (κ3) is 5.70.